The van der Waals surface area contributed by atoms with E-state index < -0.39 is 0 Å². The Hall–Kier alpha value is -1.02. The molecule has 0 saturated heterocycles. The second-order valence-corrected chi connectivity index (χ2v) is 3.45. The van der Waals surface area contributed by atoms with Gasteiger partial charge in [0.05, 0.1) is 6.61 Å². The van der Waals surface area contributed by atoms with E-state index in [0.717, 1.165) is 18.6 Å². The Morgan fingerprint density at radius 3 is 2.36 bits per heavy atom. The van der Waals surface area contributed by atoms with E-state index in [1.807, 2.05) is 19.1 Å². The average Bonchev–Trinajstić information content (AvgIpc) is 2.21. The van der Waals surface area contributed by atoms with Gasteiger partial charge in [-0.05, 0) is 37.5 Å². The van der Waals surface area contributed by atoms with Crippen LogP contribution in [0.2, 0.25) is 0 Å². The normalized spacial score (nSPS) is 12.5. The SMILES string of the molecule is CCOc1ccc(CC(N)CC)cc1. The maximum absolute atomic E-state index is 5.87. The molecular weight excluding hydrogens is 174 g/mol. The summed E-state index contributed by atoms with van der Waals surface area (Å²) in [4.78, 5) is 0. The standard InChI is InChI=1S/C12H19NO/c1-3-11(13)9-10-5-7-12(8-6-10)14-4-2/h5-8,11H,3-4,9,13H2,1-2H3. The maximum Gasteiger partial charge on any atom is 0.119 e. The van der Waals surface area contributed by atoms with Gasteiger partial charge in [-0.25, -0.2) is 0 Å². The molecule has 2 nitrogen and oxygen atoms in total. The first-order valence-electron chi connectivity index (χ1n) is 5.23. The van der Waals surface area contributed by atoms with Gasteiger partial charge in [0.1, 0.15) is 5.75 Å². The van der Waals surface area contributed by atoms with E-state index in [1.165, 1.54) is 5.56 Å². The molecule has 0 radical (unpaired) electrons. The van der Waals surface area contributed by atoms with Crippen molar-refractivity contribution in [1.29, 1.82) is 0 Å². The van der Waals surface area contributed by atoms with Gasteiger partial charge in [0.15, 0.2) is 0 Å². The molecule has 1 aromatic rings. The fraction of sp³-hybridized carbons (Fsp3) is 0.500. The van der Waals surface area contributed by atoms with Gasteiger partial charge >= 0.3 is 0 Å². The molecule has 0 aliphatic rings. The van der Waals surface area contributed by atoms with Crippen LogP contribution in [-0.4, -0.2) is 12.6 Å². The van der Waals surface area contributed by atoms with Crippen LogP contribution in [0.3, 0.4) is 0 Å². The zero-order valence-electron chi connectivity index (χ0n) is 8.99. The molecule has 14 heavy (non-hydrogen) atoms. The molecule has 78 valence electrons. The van der Waals surface area contributed by atoms with Crippen molar-refractivity contribution in [3.8, 4) is 5.75 Å². The minimum absolute atomic E-state index is 0.271. The molecule has 0 saturated carbocycles. The summed E-state index contributed by atoms with van der Waals surface area (Å²) in [5.41, 5.74) is 7.15. The number of ether oxygens (including phenoxy) is 1. The molecule has 0 amide bonds. The van der Waals surface area contributed by atoms with E-state index >= 15 is 0 Å². The molecule has 0 aliphatic carbocycles. The van der Waals surface area contributed by atoms with Crippen molar-refractivity contribution in [2.45, 2.75) is 32.7 Å². The second-order valence-electron chi connectivity index (χ2n) is 3.45. The van der Waals surface area contributed by atoms with Gasteiger partial charge in [-0.15, -0.1) is 0 Å². The van der Waals surface area contributed by atoms with Crippen LogP contribution >= 0.6 is 0 Å². The highest BCUT2D eigenvalue weighted by atomic mass is 16.5. The summed E-state index contributed by atoms with van der Waals surface area (Å²) in [5.74, 6) is 0.932. The minimum Gasteiger partial charge on any atom is -0.494 e. The molecule has 1 aromatic carbocycles. The van der Waals surface area contributed by atoms with Gasteiger partial charge < -0.3 is 10.5 Å². The summed E-state index contributed by atoms with van der Waals surface area (Å²) >= 11 is 0. The van der Waals surface area contributed by atoms with Crippen LogP contribution < -0.4 is 10.5 Å². The van der Waals surface area contributed by atoms with Crippen LogP contribution in [-0.2, 0) is 6.42 Å². The Balaban J connectivity index is 2.54. The average molecular weight is 193 g/mol. The number of nitrogens with two attached hydrogens (primary N) is 1. The third-order valence-electron chi connectivity index (χ3n) is 2.26. The molecular formula is C12H19NO. The van der Waals surface area contributed by atoms with Crippen molar-refractivity contribution in [2.75, 3.05) is 6.61 Å². The van der Waals surface area contributed by atoms with Crippen LogP contribution in [0, 0.1) is 0 Å². The predicted octanol–water partition coefficient (Wildman–Crippen LogP) is 2.37. The van der Waals surface area contributed by atoms with E-state index in [9.17, 15) is 0 Å². The van der Waals surface area contributed by atoms with E-state index in [-0.39, 0.29) is 6.04 Å². The van der Waals surface area contributed by atoms with Crippen molar-refractivity contribution in [2.24, 2.45) is 5.73 Å². The van der Waals surface area contributed by atoms with Gasteiger partial charge in [-0.1, -0.05) is 19.1 Å². The first kappa shape index (κ1) is 11.1. The number of hydrogen-bond acceptors (Lipinski definition) is 2. The quantitative estimate of drug-likeness (QED) is 0.779. The molecule has 0 heterocycles. The molecule has 0 bridgehead atoms. The minimum atomic E-state index is 0.271. The first-order valence-corrected chi connectivity index (χ1v) is 5.23. The lowest BCUT2D eigenvalue weighted by molar-refractivity contribution is 0.340. The summed E-state index contributed by atoms with van der Waals surface area (Å²) < 4.78 is 5.36. The molecule has 0 fully saturated rings. The molecule has 0 aliphatic heterocycles. The van der Waals surface area contributed by atoms with Gasteiger partial charge in [-0.2, -0.15) is 0 Å². The largest absolute Gasteiger partial charge is 0.494 e. The Bertz CT molecular complexity index is 256. The van der Waals surface area contributed by atoms with Gasteiger partial charge in [-0.3, -0.25) is 0 Å². The summed E-state index contributed by atoms with van der Waals surface area (Å²) in [6.07, 6.45) is 1.97. The lowest BCUT2D eigenvalue weighted by Crippen LogP contribution is -2.21. The van der Waals surface area contributed by atoms with Crippen molar-refractivity contribution in [3.05, 3.63) is 29.8 Å². The first-order chi connectivity index (χ1) is 6.76. The number of rotatable bonds is 5. The lowest BCUT2D eigenvalue weighted by Gasteiger charge is -2.09. The maximum atomic E-state index is 5.87. The zero-order valence-corrected chi connectivity index (χ0v) is 8.99. The van der Waals surface area contributed by atoms with Crippen molar-refractivity contribution in [3.63, 3.8) is 0 Å². The molecule has 2 N–H and O–H groups in total. The monoisotopic (exact) mass is 193 g/mol. The highest BCUT2D eigenvalue weighted by Crippen LogP contribution is 2.13. The van der Waals surface area contributed by atoms with Crippen molar-refractivity contribution >= 4 is 0 Å². The fourth-order valence-corrected chi connectivity index (χ4v) is 1.34. The summed E-state index contributed by atoms with van der Waals surface area (Å²) in [6, 6.07) is 8.44. The van der Waals surface area contributed by atoms with Gasteiger partial charge in [0, 0.05) is 6.04 Å². The van der Waals surface area contributed by atoms with Crippen molar-refractivity contribution in [1.82, 2.24) is 0 Å². The molecule has 2 heteroatoms. The summed E-state index contributed by atoms with van der Waals surface area (Å²) in [6.45, 7) is 4.81. The molecule has 1 atom stereocenters. The highest BCUT2D eigenvalue weighted by molar-refractivity contribution is 5.27. The smallest absolute Gasteiger partial charge is 0.119 e. The van der Waals surface area contributed by atoms with Crippen LogP contribution in [0.1, 0.15) is 25.8 Å². The Morgan fingerprint density at radius 2 is 1.86 bits per heavy atom. The fourth-order valence-electron chi connectivity index (χ4n) is 1.34. The summed E-state index contributed by atoms with van der Waals surface area (Å²) in [5, 5.41) is 0. The van der Waals surface area contributed by atoms with Gasteiger partial charge in [0.2, 0.25) is 0 Å². The van der Waals surface area contributed by atoms with Crippen LogP contribution in [0.25, 0.3) is 0 Å². The molecule has 0 aromatic heterocycles. The van der Waals surface area contributed by atoms with Crippen LogP contribution in [0.15, 0.2) is 24.3 Å². The summed E-state index contributed by atoms with van der Waals surface area (Å²) in [7, 11) is 0. The van der Waals surface area contributed by atoms with E-state index in [0.29, 0.717) is 6.61 Å². The zero-order chi connectivity index (χ0) is 10.4. The molecule has 0 spiro atoms. The van der Waals surface area contributed by atoms with Crippen LogP contribution in [0.4, 0.5) is 0 Å². The highest BCUT2D eigenvalue weighted by Gasteiger charge is 2.01. The van der Waals surface area contributed by atoms with E-state index in [2.05, 4.69) is 19.1 Å². The van der Waals surface area contributed by atoms with E-state index in [4.69, 9.17) is 10.5 Å². The third kappa shape index (κ3) is 3.38. The topological polar surface area (TPSA) is 35.2 Å². The van der Waals surface area contributed by atoms with E-state index in [1.54, 1.807) is 0 Å². The number of hydrogen-bond donors (Lipinski definition) is 1. The molecule has 1 rings (SSSR count). The molecule has 1 unspecified atom stereocenters. The lowest BCUT2D eigenvalue weighted by atomic mass is 10.0. The van der Waals surface area contributed by atoms with Crippen molar-refractivity contribution < 1.29 is 4.74 Å². The third-order valence-corrected chi connectivity index (χ3v) is 2.26. The second kappa shape index (κ2) is 5.66. The predicted molar refractivity (Wildman–Crippen MR) is 59.6 cm³/mol. The number of benzene rings is 1. The Labute approximate surface area is 86.1 Å². The Morgan fingerprint density at radius 1 is 1.21 bits per heavy atom. The van der Waals surface area contributed by atoms with Gasteiger partial charge in [0.25, 0.3) is 0 Å². The Kier molecular flexibility index (Phi) is 4.47. The van der Waals surface area contributed by atoms with Crippen LogP contribution in [0.5, 0.6) is 5.75 Å².